The molecule has 0 fully saturated rings. The summed E-state index contributed by atoms with van der Waals surface area (Å²) in [6, 6.07) is 10.9. The van der Waals surface area contributed by atoms with Crippen molar-refractivity contribution in [3.63, 3.8) is 0 Å². The zero-order valence-corrected chi connectivity index (χ0v) is 22.5. The molecule has 0 saturated heterocycles. The molecule has 1 amide bonds. The van der Waals surface area contributed by atoms with Gasteiger partial charge in [-0.2, -0.15) is 4.98 Å². The van der Waals surface area contributed by atoms with E-state index in [2.05, 4.69) is 20.3 Å². The van der Waals surface area contributed by atoms with Crippen LogP contribution in [-0.4, -0.2) is 39.6 Å². The zero-order chi connectivity index (χ0) is 29.4. The Morgan fingerprint density at radius 2 is 1.79 bits per heavy atom. The van der Waals surface area contributed by atoms with E-state index in [4.69, 9.17) is 14.2 Å². The number of halogens is 2. The summed E-state index contributed by atoms with van der Waals surface area (Å²) >= 11 is 0. The van der Waals surface area contributed by atoms with Crippen LogP contribution in [0.2, 0.25) is 0 Å². The SMILES string of the molecule is COc1cc2ncnc(Oc3ccc(NC(=O)c4c5n(cc(-c6ccc(F)cc6)c4=O)CCC5)cc3F)c2nc1OC. The first-order chi connectivity index (χ1) is 20.4. The number of hydrogen-bond acceptors (Lipinski definition) is 8. The van der Waals surface area contributed by atoms with E-state index in [1.165, 1.54) is 56.9 Å². The van der Waals surface area contributed by atoms with E-state index in [1.807, 2.05) is 4.57 Å². The number of carbonyl (C=O) groups is 1. The molecular formula is C30H23F2N5O5. The van der Waals surface area contributed by atoms with E-state index < -0.39 is 23.0 Å². The van der Waals surface area contributed by atoms with Crippen molar-refractivity contribution in [1.82, 2.24) is 19.5 Å². The molecule has 212 valence electrons. The van der Waals surface area contributed by atoms with Gasteiger partial charge in [0.15, 0.2) is 22.8 Å². The molecule has 1 aliphatic heterocycles. The highest BCUT2D eigenvalue weighted by atomic mass is 19.1. The van der Waals surface area contributed by atoms with Gasteiger partial charge >= 0.3 is 0 Å². The van der Waals surface area contributed by atoms with Crippen molar-refractivity contribution >= 4 is 22.6 Å². The molecule has 2 aromatic carbocycles. The van der Waals surface area contributed by atoms with E-state index in [1.54, 1.807) is 12.3 Å². The second kappa shape index (κ2) is 10.9. The quantitative estimate of drug-likeness (QED) is 0.285. The first-order valence-corrected chi connectivity index (χ1v) is 12.9. The molecule has 4 heterocycles. The molecule has 5 aromatic rings. The molecule has 6 rings (SSSR count). The number of carbonyl (C=O) groups excluding carboxylic acids is 1. The number of rotatable bonds is 7. The summed E-state index contributed by atoms with van der Waals surface area (Å²) in [7, 11) is 2.89. The largest absolute Gasteiger partial charge is 0.491 e. The van der Waals surface area contributed by atoms with Crippen LogP contribution in [0.15, 0.2) is 65.8 Å². The predicted octanol–water partition coefficient (Wildman–Crippen LogP) is 5.14. The molecule has 1 aliphatic rings. The third kappa shape index (κ3) is 4.87. The van der Waals surface area contributed by atoms with Crippen LogP contribution in [0.1, 0.15) is 22.5 Å². The lowest BCUT2D eigenvalue weighted by Crippen LogP contribution is -2.26. The molecule has 0 spiro atoms. The number of nitrogens with one attached hydrogen (secondary N) is 1. The Labute approximate surface area is 237 Å². The molecular weight excluding hydrogens is 548 g/mol. The maximum Gasteiger partial charge on any atom is 0.261 e. The Balaban J connectivity index is 1.29. The highest BCUT2D eigenvalue weighted by Gasteiger charge is 2.25. The van der Waals surface area contributed by atoms with Crippen molar-refractivity contribution in [3.8, 4) is 34.4 Å². The number of fused-ring (bicyclic) bond motifs is 2. The zero-order valence-electron chi connectivity index (χ0n) is 22.5. The van der Waals surface area contributed by atoms with Crippen LogP contribution >= 0.6 is 0 Å². The summed E-state index contributed by atoms with van der Waals surface area (Å²) in [6.07, 6.45) is 4.24. The van der Waals surface area contributed by atoms with Crippen LogP contribution < -0.4 is 25.0 Å². The minimum atomic E-state index is -0.790. The number of aromatic nitrogens is 4. The van der Waals surface area contributed by atoms with Gasteiger partial charge in [0.1, 0.15) is 23.2 Å². The van der Waals surface area contributed by atoms with Crippen LogP contribution in [-0.2, 0) is 13.0 Å². The van der Waals surface area contributed by atoms with Crippen LogP contribution in [0.3, 0.4) is 0 Å². The van der Waals surface area contributed by atoms with Gasteiger partial charge in [-0.05, 0) is 42.7 Å². The van der Waals surface area contributed by atoms with E-state index in [-0.39, 0.29) is 39.8 Å². The van der Waals surface area contributed by atoms with Gasteiger partial charge in [0.25, 0.3) is 11.8 Å². The number of benzene rings is 2. The number of ether oxygens (including phenoxy) is 3. The molecule has 1 N–H and O–H groups in total. The highest BCUT2D eigenvalue weighted by Crippen LogP contribution is 2.34. The molecule has 0 atom stereocenters. The topological polar surface area (TPSA) is 117 Å². The number of aryl methyl sites for hydroxylation is 1. The predicted molar refractivity (Wildman–Crippen MR) is 149 cm³/mol. The van der Waals surface area contributed by atoms with Gasteiger partial charge in [-0.1, -0.05) is 12.1 Å². The number of hydrogen-bond donors (Lipinski definition) is 1. The summed E-state index contributed by atoms with van der Waals surface area (Å²) in [5.41, 5.74) is 1.59. The van der Waals surface area contributed by atoms with Gasteiger partial charge in [0.2, 0.25) is 11.3 Å². The summed E-state index contributed by atoms with van der Waals surface area (Å²) in [6.45, 7) is 0.635. The number of amides is 1. The Morgan fingerprint density at radius 3 is 2.52 bits per heavy atom. The van der Waals surface area contributed by atoms with E-state index in [9.17, 15) is 14.0 Å². The Hall–Kier alpha value is -5.39. The van der Waals surface area contributed by atoms with Gasteiger partial charge in [-0.3, -0.25) is 9.59 Å². The van der Waals surface area contributed by atoms with Crippen molar-refractivity contribution in [3.05, 3.63) is 94.2 Å². The van der Waals surface area contributed by atoms with Crippen LogP contribution in [0.4, 0.5) is 14.5 Å². The molecule has 42 heavy (non-hydrogen) atoms. The highest BCUT2D eigenvalue weighted by molar-refractivity contribution is 6.05. The number of nitrogens with zero attached hydrogens (tertiary/aromatic N) is 4. The fourth-order valence-electron chi connectivity index (χ4n) is 4.91. The molecule has 0 saturated carbocycles. The van der Waals surface area contributed by atoms with E-state index in [0.717, 1.165) is 12.5 Å². The summed E-state index contributed by atoms with van der Waals surface area (Å²) < 4.78 is 46.7. The first-order valence-electron chi connectivity index (χ1n) is 12.9. The van der Waals surface area contributed by atoms with Crippen LogP contribution in [0, 0.1) is 11.6 Å². The number of methoxy groups -OCH3 is 2. The van der Waals surface area contributed by atoms with Crippen molar-refractivity contribution in [2.45, 2.75) is 19.4 Å². The number of pyridine rings is 2. The molecule has 0 bridgehead atoms. The summed E-state index contributed by atoms with van der Waals surface area (Å²) in [5.74, 6) is -1.56. The molecule has 0 aliphatic carbocycles. The number of anilines is 1. The third-order valence-electron chi connectivity index (χ3n) is 6.91. The smallest absolute Gasteiger partial charge is 0.261 e. The molecule has 3 aromatic heterocycles. The second-order valence-electron chi connectivity index (χ2n) is 9.45. The van der Waals surface area contributed by atoms with Gasteiger partial charge in [0, 0.05) is 41.8 Å². The second-order valence-corrected chi connectivity index (χ2v) is 9.45. The lowest BCUT2D eigenvalue weighted by molar-refractivity contribution is 0.102. The average Bonchev–Trinajstić information content (AvgIpc) is 3.46. The van der Waals surface area contributed by atoms with Crippen molar-refractivity contribution < 1.29 is 27.8 Å². The maximum atomic E-state index is 15.2. The average molecular weight is 572 g/mol. The van der Waals surface area contributed by atoms with E-state index >= 15 is 4.39 Å². The standard InChI is InChI=1S/C30H23F2N5O5/c1-40-24-13-21-26(36-29(24)41-2)30(34-15-33-21)42-23-10-9-18(12-20(23)32)35-28(39)25-22-4-3-11-37(22)14-19(27(25)38)16-5-7-17(31)8-6-16/h5-10,12-15H,3-4,11H2,1-2H3,(H,35,39). The van der Waals surface area contributed by atoms with Crippen LogP contribution in [0.5, 0.6) is 23.3 Å². The molecule has 0 unspecified atom stereocenters. The van der Waals surface area contributed by atoms with Crippen molar-refractivity contribution in [1.29, 1.82) is 0 Å². The van der Waals surface area contributed by atoms with Gasteiger partial charge < -0.3 is 24.1 Å². The fourth-order valence-corrected chi connectivity index (χ4v) is 4.91. The van der Waals surface area contributed by atoms with Gasteiger partial charge in [-0.25, -0.2) is 18.7 Å². The molecule has 12 heteroatoms. The summed E-state index contributed by atoms with van der Waals surface area (Å²) in [4.78, 5) is 39.4. The normalized spacial score (nSPS) is 12.2. The third-order valence-corrected chi connectivity index (χ3v) is 6.91. The van der Waals surface area contributed by atoms with Crippen molar-refractivity contribution in [2.24, 2.45) is 0 Å². The molecule has 10 nitrogen and oxygen atoms in total. The van der Waals surface area contributed by atoms with Crippen LogP contribution in [0.25, 0.3) is 22.2 Å². The Morgan fingerprint density at radius 1 is 0.976 bits per heavy atom. The van der Waals surface area contributed by atoms with E-state index in [0.29, 0.717) is 35.5 Å². The Bertz CT molecular complexity index is 1910. The Kier molecular flexibility index (Phi) is 6.95. The van der Waals surface area contributed by atoms with Gasteiger partial charge in [0.05, 0.1) is 14.2 Å². The maximum absolute atomic E-state index is 15.2. The van der Waals surface area contributed by atoms with Gasteiger partial charge in [-0.15, -0.1) is 0 Å². The first kappa shape index (κ1) is 26.8. The fraction of sp³-hybridized carbons (Fsp3) is 0.167. The van der Waals surface area contributed by atoms with Crippen molar-refractivity contribution in [2.75, 3.05) is 19.5 Å². The minimum Gasteiger partial charge on any atom is -0.491 e. The summed E-state index contributed by atoms with van der Waals surface area (Å²) in [5, 5.41) is 2.63. The lowest BCUT2D eigenvalue weighted by Gasteiger charge is -2.14. The minimum absolute atomic E-state index is 0.0159. The molecule has 0 radical (unpaired) electrons. The monoisotopic (exact) mass is 571 g/mol. The lowest BCUT2D eigenvalue weighted by atomic mass is 10.0.